The van der Waals surface area contributed by atoms with Gasteiger partial charge in [0, 0.05) is 30.5 Å². The molecule has 0 bridgehead atoms. The predicted octanol–water partition coefficient (Wildman–Crippen LogP) is 2.88. The topological polar surface area (TPSA) is 66.9 Å². The third-order valence-electron chi connectivity index (χ3n) is 2.84. The summed E-state index contributed by atoms with van der Waals surface area (Å²) in [6.07, 6.45) is 3.91. The molecule has 0 aliphatic heterocycles. The molecule has 1 amide bonds. The molecule has 0 atom stereocenters. The van der Waals surface area contributed by atoms with E-state index in [0.717, 1.165) is 12.0 Å². The number of halogens is 1. The van der Waals surface area contributed by atoms with Crippen molar-refractivity contribution >= 4 is 23.5 Å². The van der Waals surface area contributed by atoms with Crippen LogP contribution in [-0.2, 0) is 6.54 Å². The molecule has 0 aliphatic rings. The van der Waals surface area contributed by atoms with E-state index >= 15 is 0 Å². The summed E-state index contributed by atoms with van der Waals surface area (Å²) in [6, 6.07) is 7.57. The molecule has 110 valence electrons. The van der Waals surface area contributed by atoms with E-state index in [2.05, 4.69) is 20.6 Å². The van der Waals surface area contributed by atoms with Crippen molar-refractivity contribution in [2.24, 2.45) is 0 Å². The van der Waals surface area contributed by atoms with Crippen LogP contribution >= 0.6 is 11.6 Å². The van der Waals surface area contributed by atoms with Crippen molar-refractivity contribution in [1.82, 2.24) is 15.3 Å². The second-order valence-corrected chi connectivity index (χ2v) is 4.90. The number of anilines is 1. The van der Waals surface area contributed by atoms with Crippen molar-refractivity contribution in [2.75, 3.05) is 11.9 Å². The maximum atomic E-state index is 11.7. The lowest BCUT2D eigenvalue weighted by molar-refractivity contribution is 0.0953. The summed E-state index contributed by atoms with van der Waals surface area (Å²) in [5.41, 5.74) is 1.42. The summed E-state index contributed by atoms with van der Waals surface area (Å²) in [6.45, 7) is 3.17. The third-order valence-corrected chi connectivity index (χ3v) is 3.21. The van der Waals surface area contributed by atoms with Gasteiger partial charge in [0.2, 0.25) is 5.95 Å². The van der Waals surface area contributed by atoms with Crippen LogP contribution in [0.4, 0.5) is 5.95 Å². The van der Waals surface area contributed by atoms with E-state index in [4.69, 9.17) is 11.6 Å². The molecule has 6 heteroatoms. The summed E-state index contributed by atoms with van der Waals surface area (Å²) < 4.78 is 0. The van der Waals surface area contributed by atoms with Gasteiger partial charge in [-0.1, -0.05) is 36.7 Å². The van der Waals surface area contributed by atoms with E-state index in [1.807, 2.05) is 31.2 Å². The number of carbonyl (C=O) groups is 1. The van der Waals surface area contributed by atoms with Gasteiger partial charge in [-0.05, 0) is 18.1 Å². The van der Waals surface area contributed by atoms with Gasteiger partial charge in [0.05, 0.1) is 5.56 Å². The standard InChI is InChI=1S/C15H17ClN4O/c1-2-7-17-14(21)12-9-19-15(20-10-12)18-8-11-5-3-4-6-13(11)16/h3-6,9-10H,2,7-8H2,1H3,(H,17,21)(H,18,19,20). The zero-order valence-corrected chi connectivity index (χ0v) is 12.5. The fourth-order valence-corrected chi connectivity index (χ4v) is 1.90. The van der Waals surface area contributed by atoms with Crippen LogP contribution < -0.4 is 10.6 Å². The number of benzene rings is 1. The Morgan fingerprint density at radius 3 is 2.62 bits per heavy atom. The van der Waals surface area contributed by atoms with E-state index in [-0.39, 0.29) is 5.91 Å². The van der Waals surface area contributed by atoms with Gasteiger partial charge in [-0.15, -0.1) is 0 Å². The van der Waals surface area contributed by atoms with Crippen LogP contribution in [0.1, 0.15) is 29.3 Å². The van der Waals surface area contributed by atoms with E-state index in [0.29, 0.717) is 29.6 Å². The second kappa shape index (κ2) is 7.59. The van der Waals surface area contributed by atoms with Gasteiger partial charge in [-0.3, -0.25) is 4.79 Å². The van der Waals surface area contributed by atoms with Crippen LogP contribution in [0.3, 0.4) is 0 Å². The fourth-order valence-electron chi connectivity index (χ4n) is 1.69. The Kier molecular flexibility index (Phi) is 5.51. The van der Waals surface area contributed by atoms with Crippen molar-refractivity contribution in [3.05, 3.63) is 52.8 Å². The number of nitrogens with zero attached hydrogens (tertiary/aromatic N) is 2. The first-order valence-corrected chi connectivity index (χ1v) is 7.16. The van der Waals surface area contributed by atoms with E-state index < -0.39 is 0 Å². The van der Waals surface area contributed by atoms with E-state index in [9.17, 15) is 4.79 Å². The maximum Gasteiger partial charge on any atom is 0.254 e. The molecule has 0 saturated carbocycles. The maximum absolute atomic E-state index is 11.7. The van der Waals surface area contributed by atoms with Crippen LogP contribution in [0.2, 0.25) is 5.02 Å². The Balaban J connectivity index is 1.93. The van der Waals surface area contributed by atoms with Gasteiger partial charge in [-0.2, -0.15) is 0 Å². The first kappa shape index (κ1) is 15.3. The molecule has 1 aromatic heterocycles. The molecule has 0 spiro atoms. The summed E-state index contributed by atoms with van der Waals surface area (Å²) in [4.78, 5) is 20.0. The summed E-state index contributed by atoms with van der Waals surface area (Å²) in [5.74, 6) is 0.302. The van der Waals surface area contributed by atoms with Crippen molar-refractivity contribution in [3.63, 3.8) is 0 Å². The normalized spacial score (nSPS) is 10.2. The number of hydrogen-bond donors (Lipinski definition) is 2. The number of aromatic nitrogens is 2. The lowest BCUT2D eigenvalue weighted by Crippen LogP contribution is -2.24. The highest BCUT2D eigenvalue weighted by molar-refractivity contribution is 6.31. The van der Waals surface area contributed by atoms with Crippen LogP contribution in [0.25, 0.3) is 0 Å². The van der Waals surface area contributed by atoms with Gasteiger partial charge in [-0.25, -0.2) is 9.97 Å². The van der Waals surface area contributed by atoms with Crippen LogP contribution in [0.15, 0.2) is 36.7 Å². The van der Waals surface area contributed by atoms with Crippen molar-refractivity contribution in [2.45, 2.75) is 19.9 Å². The molecular weight excluding hydrogens is 288 g/mol. The first-order valence-electron chi connectivity index (χ1n) is 6.78. The lowest BCUT2D eigenvalue weighted by atomic mass is 10.2. The van der Waals surface area contributed by atoms with Gasteiger partial charge in [0.15, 0.2) is 0 Å². The first-order chi connectivity index (χ1) is 10.2. The molecule has 0 aliphatic carbocycles. The molecule has 2 N–H and O–H groups in total. The zero-order chi connectivity index (χ0) is 15.1. The Morgan fingerprint density at radius 2 is 1.95 bits per heavy atom. The SMILES string of the molecule is CCCNC(=O)c1cnc(NCc2ccccc2Cl)nc1. The molecule has 5 nitrogen and oxygen atoms in total. The Labute approximate surface area is 128 Å². The molecule has 0 fully saturated rings. The molecule has 0 saturated heterocycles. The highest BCUT2D eigenvalue weighted by atomic mass is 35.5. The number of rotatable bonds is 6. The van der Waals surface area contributed by atoms with Crippen LogP contribution in [0, 0.1) is 0 Å². The fraction of sp³-hybridized carbons (Fsp3) is 0.267. The number of hydrogen-bond acceptors (Lipinski definition) is 4. The number of nitrogens with one attached hydrogen (secondary N) is 2. The molecule has 2 aromatic rings. The predicted molar refractivity (Wildman–Crippen MR) is 83.4 cm³/mol. The molecule has 0 radical (unpaired) electrons. The van der Waals surface area contributed by atoms with Gasteiger partial charge >= 0.3 is 0 Å². The summed E-state index contributed by atoms with van der Waals surface area (Å²) >= 11 is 6.07. The number of amides is 1. The third kappa shape index (κ3) is 4.43. The minimum atomic E-state index is -0.158. The Hall–Kier alpha value is -2.14. The average molecular weight is 305 g/mol. The van der Waals surface area contributed by atoms with Gasteiger partial charge < -0.3 is 10.6 Å². The van der Waals surface area contributed by atoms with Crippen molar-refractivity contribution in [1.29, 1.82) is 0 Å². The zero-order valence-electron chi connectivity index (χ0n) is 11.8. The highest BCUT2D eigenvalue weighted by Gasteiger charge is 2.06. The minimum Gasteiger partial charge on any atom is -0.352 e. The Morgan fingerprint density at radius 1 is 1.24 bits per heavy atom. The van der Waals surface area contributed by atoms with Crippen molar-refractivity contribution < 1.29 is 4.79 Å². The van der Waals surface area contributed by atoms with E-state index in [1.165, 1.54) is 12.4 Å². The second-order valence-electron chi connectivity index (χ2n) is 4.50. The largest absolute Gasteiger partial charge is 0.352 e. The summed E-state index contributed by atoms with van der Waals surface area (Å²) in [5, 5.41) is 6.54. The molecule has 1 heterocycles. The van der Waals surface area contributed by atoms with Crippen LogP contribution in [0.5, 0.6) is 0 Å². The highest BCUT2D eigenvalue weighted by Crippen LogP contribution is 2.15. The monoisotopic (exact) mass is 304 g/mol. The van der Waals surface area contributed by atoms with Crippen molar-refractivity contribution in [3.8, 4) is 0 Å². The van der Waals surface area contributed by atoms with Gasteiger partial charge in [0.25, 0.3) is 5.91 Å². The van der Waals surface area contributed by atoms with Crippen LogP contribution in [-0.4, -0.2) is 22.4 Å². The molecule has 0 unspecified atom stereocenters. The quantitative estimate of drug-likeness (QED) is 0.861. The minimum absolute atomic E-state index is 0.158. The smallest absolute Gasteiger partial charge is 0.254 e. The van der Waals surface area contributed by atoms with E-state index in [1.54, 1.807) is 0 Å². The molecule has 2 rings (SSSR count). The van der Waals surface area contributed by atoms with Gasteiger partial charge in [0.1, 0.15) is 0 Å². The number of carbonyl (C=O) groups excluding carboxylic acids is 1. The molecular formula is C15H17ClN4O. The summed E-state index contributed by atoms with van der Waals surface area (Å²) in [7, 11) is 0. The lowest BCUT2D eigenvalue weighted by Gasteiger charge is -2.07. The average Bonchev–Trinajstić information content (AvgIpc) is 2.52. The Bertz CT molecular complexity index is 601. The molecule has 1 aromatic carbocycles. The molecule has 21 heavy (non-hydrogen) atoms.